The molecule has 0 radical (unpaired) electrons. The third kappa shape index (κ3) is 3.92. The molecule has 4 aromatic rings. The second kappa shape index (κ2) is 8.28. The van der Waals surface area contributed by atoms with Gasteiger partial charge >= 0.3 is 0 Å². The molecule has 1 N–H and O–H groups in total. The zero-order chi connectivity index (χ0) is 21.2. The second-order valence-electron chi connectivity index (χ2n) is 7.20. The summed E-state index contributed by atoms with van der Waals surface area (Å²) < 4.78 is 19.8. The number of nitrogens with one attached hydrogen (secondary N) is 1. The molecule has 0 spiro atoms. The van der Waals surface area contributed by atoms with Crippen LogP contribution in [0.5, 0.6) is 17.2 Å². The number of hydrogen-bond acceptors (Lipinski definition) is 5. The molecular formula is C24H21N3O3S. The average molecular weight is 432 g/mol. The van der Waals surface area contributed by atoms with Crippen molar-refractivity contribution in [1.82, 2.24) is 14.8 Å². The lowest BCUT2D eigenvalue weighted by Crippen LogP contribution is -2.16. The minimum Gasteiger partial charge on any atom is -0.486 e. The van der Waals surface area contributed by atoms with Gasteiger partial charge < -0.3 is 14.2 Å². The smallest absolute Gasteiger partial charge is 0.199 e. The monoisotopic (exact) mass is 431 g/mol. The van der Waals surface area contributed by atoms with Crippen LogP contribution in [0.3, 0.4) is 0 Å². The molecule has 31 heavy (non-hydrogen) atoms. The van der Waals surface area contributed by atoms with Crippen molar-refractivity contribution in [2.75, 3.05) is 13.2 Å². The fourth-order valence-electron chi connectivity index (χ4n) is 3.62. The Bertz CT molecular complexity index is 1250. The fraction of sp³-hybridized carbons (Fsp3) is 0.167. The highest BCUT2D eigenvalue weighted by atomic mass is 32.1. The van der Waals surface area contributed by atoms with Gasteiger partial charge in [0.25, 0.3) is 0 Å². The predicted octanol–water partition coefficient (Wildman–Crippen LogP) is 5.51. The minimum atomic E-state index is -0.330. The van der Waals surface area contributed by atoms with Gasteiger partial charge in [0, 0.05) is 6.07 Å². The Kier molecular flexibility index (Phi) is 5.18. The largest absolute Gasteiger partial charge is 0.486 e. The third-order valence-electron chi connectivity index (χ3n) is 5.12. The lowest BCUT2D eigenvalue weighted by molar-refractivity contribution is 0.171. The Hall–Kier alpha value is -3.58. The first-order valence-electron chi connectivity index (χ1n) is 10.1. The topological polar surface area (TPSA) is 61.3 Å². The van der Waals surface area contributed by atoms with E-state index in [0.717, 1.165) is 22.7 Å². The zero-order valence-electron chi connectivity index (χ0n) is 16.9. The van der Waals surface area contributed by atoms with Gasteiger partial charge in [0.15, 0.2) is 28.2 Å². The van der Waals surface area contributed by atoms with Gasteiger partial charge in [-0.25, -0.2) is 0 Å². The van der Waals surface area contributed by atoms with E-state index in [0.29, 0.717) is 29.6 Å². The molecule has 0 fully saturated rings. The van der Waals surface area contributed by atoms with Crippen molar-refractivity contribution in [3.8, 4) is 34.1 Å². The van der Waals surface area contributed by atoms with E-state index in [9.17, 15) is 0 Å². The predicted molar refractivity (Wildman–Crippen MR) is 121 cm³/mol. The maximum Gasteiger partial charge on any atom is 0.199 e. The molecule has 0 bridgehead atoms. The maximum absolute atomic E-state index is 6.17. The first-order chi connectivity index (χ1) is 15.2. The molecule has 0 aliphatic carbocycles. The zero-order valence-corrected chi connectivity index (χ0v) is 17.8. The van der Waals surface area contributed by atoms with Crippen LogP contribution in [0.15, 0.2) is 72.8 Å². The normalized spacial score (nSPS) is 13.6. The van der Waals surface area contributed by atoms with Gasteiger partial charge in [-0.15, -0.1) is 0 Å². The number of H-pyrrole nitrogens is 1. The highest BCUT2D eigenvalue weighted by Gasteiger charge is 2.19. The number of ether oxygens (including phenoxy) is 3. The number of nitrogens with zero attached hydrogens (tertiary/aromatic N) is 2. The van der Waals surface area contributed by atoms with E-state index < -0.39 is 0 Å². The van der Waals surface area contributed by atoms with E-state index in [2.05, 4.69) is 34.5 Å². The minimum absolute atomic E-state index is 0.330. The average Bonchev–Trinajstić information content (AvgIpc) is 3.21. The van der Waals surface area contributed by atoms with Crippen molar-refractivity contribution in [1.29, 1.82) is 0 Å². The van der Waals surface area contributed by atoms with E-state index in [1.807, 2.05) is 60.0 Å². The molecule has 1 aliphatic heterocycles. The Morgan fingerprint density at radius 3 is 2.42 bits per heavy atom. The van der Waals surface area contributed by atoms with Gasteiger partial charge in [-0.05, 0) is 54.5 Å². The van der Waals surface area contributed by atoms with Crippen LogP contribution < -0.4 is 14.2 Å². The first kappa shape index (κ1) is 19.4. The molecule has 5 rings (SSSR count). The Morgan fingerprint density at radius 2 is 1.65 bits per heavy atom. The van der Waals surface area contributed by atoms with Crippen molar-refractivity contribution in [3.05, 3.63) is 83.4 Å². The molecular weight excluding hydrogens is 410 g/mol. The first-order valence-corrected chi connectivity index (χ1v) is 10.5. The number of hydrogen-bond donors (Lipinski definition) is 1. The number of rotatable bonds is 5. The van der Waals surface area contributed by atoms with Crippen molar-refractivity contribution in [2.45, 2.75) is 13.0 Å². The van der Waals surface area contributed by atoms with E-state index >= 15 is 0 Å². The third-order valence-corrected chi connectivity index (χ3v) is 5.39. The second-order valence-corrected chi connectivity index (χ2v) is 7.59. The Labute approximate surface area is 185 Å². The van der Waals surface area contributed by atoms with E-state index in [4.69, 9.17) is 26.4 Å². The molecule has 1 atom stereocenters. The van der Waals surface area contributed by atoms with Crippen LogP contribution in [0.1, 0.15) is 18.9 Å². The van der Waals surface area contributed by atoms with Gasteiger partial charge in [0.05, 0.1) is 5.69 Å². The quantitative estimate of drug-likeness (QED) is 0.422. The molecule has 2 heterocycles. The van der Waals surface area contributed by atoms with Crippen LogP contribution >= 0.6 is 12.2 Å². The molecule has 6 nitrogen and oxygen atoms in total. The van der Waals surface area contributed by atoms with Crippen LogP contribution in [0.4, 0.5) is 0 Å². The molecule has 0 amide bonds. The highest BCUT2D eigenvalue weighted by molar-refractivity contribution is 7.71. The number of benzene rings is 3. The van der Waals surface area contributed by atoms with Crippen LogP contribution in [-0.4, -0.2) is 28.0 Å². The molecule has 156 valence electrons. The van der Waals surface area contributed by atoms with Gasteiger partial charge in [0.1, 0.15) is 19.0 Å². The number of fused-ring (bicyclic) bond motifs is 1. The molecule has 0 saturated carbocycles. The number of aromatic nitrogens is 3. The van der Waals surface area contributed by atoms with Gasteiger partial charge in [-0.3, -0.25) is 9.67 Å². The van der Waals surface area contributed by atoms with Crippen molar-refractivity contribution in [3.63, 3.8) is 0 Å². The molecule has 1 unspecified atom stereocenters. The van der Waals surface area contributed by atoms with E-state index in [-0.39, 0.29) is 6.10 Å². The van der Waals surface area contributed by atoms with Crippen molar-refractivity contribution >= 4 is 12.2 Å². The molecule has 0 saturated heterocycles. The van der Waals surface area contributed by atoms with Crippen LogP contribution in [0.2, 0.25) is 0 Å². The lowest BCUT2D eigenvalue weighted by Gasteiger charge is -2.20. The van der Waals surface area contributed by atoms with Gasteiger partial charge in [-0.2, -0.15) is 5.10 Å². The summed E-state index contributed by atoms with van der Waals surface area (Å²) in [6, 6.07) is 24.0. The summed E-state index contributed by atoms with van der Waals surface area (Å²) in [6.07, 6.45) is -0.330. The van der Waals surface area contributed by atoms with Crippen LogP contribution in [0, 0.1) is 4.77 Å². The number of aromatic amines is 1. The highest BCUT2D eigenvalue weighted by Crippen LogP contribution is 2.33. The molecule has 3 aromatic carbocycles. The van der Waals surface area contributed by atoms with Crippen molar-refractivity contribution in [2.24, 2.45) is 0 Å². The lowest BCUT2D eigenvalue weighted by atomic mass is 10.1. The summed E-state index contributed by atoms with van der Waals surface area (Å²) in [5.41, 5.74) is 3.15. The van der Waals surface area contributed by atoms with E-state index in [1.165, 1.54) is 5.56 Å². The summed E-state index contributed by atoms with van der Waals surface area (Å²) in [7, 11) is 0. The summed E-state index contributed by atoms with van der Waals surface area (Å²) >= 11 is 5.48. The molecule has 1 aromatic heterocycles. The Balaban J connectivity index is 1.40. The molecule has 1 aliphatic rings. The standard InChI is InChI=1S/C24H21N3O3S/c1-16(30-20-10-7-18(8-11-20)17-5-3-2-4-6-17)23-25-26-24(31)27(23)19-9-12-21-22(15-19)29-14-13-28-21/h2-12,15-16H,13-14H2,1H3,(H,26,31). The fourth-order valence-corrected chi connectivity index (χ4v) is 3.86. The van der Waals surface area contributed by atoms with Crippen LogP contribution in [-0.2, 0) is 0 Å². The van der Waals surface area contributed by atoms with Gasteiger partial charge in [-0.1, -0.05) is 42.5 Å². The van der Waals surface area contributed by atoms with Crippen LogP contribution in [0.25, 0.3) is 16.8 Å². The maximum atomic E-state index is 6.17. The summed E-state index contributed by atoms with van der Waals surface area (Å²) in [5, 5.41) is 7.29. The van der Waals surface area contributed by atoms with E-state index in [1.54, 1.807) is 0 Å². The summed E-state index contributed by atoms with van der Waals surface area (Å²) in [5.74, 6) is 2.86. The molecule has 7 heteroatoms. The SMILES string of the molecule is CC(Oc1ccc(-c2ccccc2)cc1)c1n[nH]c(=S)n1-c1ccc2c(c1)OCCO2. The summed E-state index contributed by atoms with van der Waals surface area (Å²) in [6.45, 7) is 3.03. The summed E-state index contributed by atoms with van der Waals surface area (Å²) in [4.78, 5) is 0. The van der Waals surface area contributed by atoms with Gasteiger partial charge in [0.2, 0.25) is 0 Å². The van der Waals surface area contributed by atoms with Crippen molar-refractivity contribution < 1.29 is 14.2 Å². The Morgan fingerprint density at radius 1 is 0.935 bits per heavy atom.